The largest absolute Gasteiger partial charge is 0.348 e. The molecule has 1 fully saturated rings. The van der Waals surface area contributed by atoms with E-state index in [0.29, 0.717) is 24.7 Å². The van der Waals surface area contributed by atoms with Crippen LogP contribution in [0.15, 0.2) is 12.1 Å². The number of anilines is 2. The van der Waals surface area contributed by atoms with Crippen molar-refractivity contribution < 1.29 is 4.92 Å². The van der Waals surface area contributed by atoms with Crippen molar-refractivity contribution in [1.29, 1.82) is 0 Å². The summed E-state index contributed by atoms with van der Waals surface area (Å²) in [6.07, 6.45) is 0. The van der Waals surface area contributed by atoms with Crippen molar-refractivity contribution in [2.45, 2.75) is 19.4 Å². The molecular formula is C12H20N6O2. The van der Waals surface area contributed by atoms with Gasteiger partial charge in [0.25, 0.3) is 0 Å². The third kappa shape index (κ3) is 2.66. The standard InChI is InChI=1S/C12H20N6O2/c1-12(2)8-17(7-6-16(12)3)11-9(18(19)20)4-5-10(14-11)15-13/h4-5H,6-8,13H2,1-3H3,(H,14,15). The van der Waals surface area contributed by atoms with Crippen molar-refractivity contribution in [3.63, 3.8) is 0 Å². The summed E-state index contributed by atoms with van der Waals surface area (Å²) in [6.45, 7) is 6.41. The predicted octanol–water partition coefficient (Wildman–Crippen LogP) is 0.806. The Kier molecular flexibility index (Phi) is 3.78. The zero-order valence-corrected chi connectivity index (χ0v) is 12.0. The van der Waals surface area contributed by atoms with Crippen molar-refractivity contribution in [2.75, 3.05) is 37.0 Å². The van der Waals surface area contributed by atoms with E-state index in [4.69, 9.17) is 5.84 Å². The molecule has 0 bridgehead atoms. The number of aromatic nitrogens is 1. The van der Waals surface area contributed by atoms with Crippen LogP contribution in [0.25, 0.3) is 0 Å². The highest BCUT2D eigenvalue weighted by molar-refractivity contribution is 5.62. The molecule has 0 radical (unpaired) electrons. The van der Waals surface area contributed by atoms with Crippen LogP contribution < -0.4 is 16.2 Å². The van der Waals surface area contributed by atoms with Gasteiger partial charge in [-0.3, -0.25) is 15.0 Å². The molecule has 2 rings (SSSR count). The molecule has 8 nitrogen and oxygen atoms in total. The van der Waals surface area contributed by atoms with Crippen LogP contribution in [0.1, 0.15) is 13.8 Å². The number of nitrogen functional groups attached to an aromatic ring is 1. The number of hydrogen-bond acceptors (Lipinski definition) is 7. The third-order valence-corrected chi connectivity index (χ3v) is 3.82. The Bertz CT molecular complexity index is 519. The third-order valence-electron chi connectivity index (χ3n) is 3.82. The van der Waals surface area contributed by atoms with E-state index in [0.717, 1.165) is 6.54 Å². The predicted molar refractivity (Wildman–Crippen MR) is 77.6 cm³/mol. The van der Waals surface area contributed by atoms with Crippen LogP contribution in [0.2, 0.25) is 0 Å². The van der Waals surface area contributed by atoms with E-state index in [1.54, 1.807) is 0 Å². The van der Waals surface area contributed by atoms with Crippen molar-refractivity contribution in [2.24, 2.45) is 5.84 Å². The maximum atomic E-state index is 11.2. The number of likely N-dealkylation sites (N-methyl/N-ethyl adjacent to an activating group) is 1. The van der Waals surface area contributed by atoms with Gasteiger partial charge in [0.15, 0.2) is 0 Å². The van der Waals surface area contributed by atoms with Gasteiger partial charge in [0.05, 0.1) is 4.92 Å². The number of hydrazine groups is 1. The van der Waals surface area contributed by atoms with Crippen molar-refractivity contribution >= 4 is 17.3 Å². The lowest BCUT2D eigenvalue weighted by atomic mass is 9.99. The van der Waals surface area contributed by atoms with Gasteiger partial charge in [-0.05, 0) is 27.0 Å². The summed E-state index contributed by atoms with van der Waals surface area (Å²) in [6, 6.07) is 2.94. The first kappa shape index (κ1) is 14.5. The number of piperazine rings is 1. The maximum absolute atomic E-state index is 11.2. The molecule has 1 aliphatic rings. The van der Waals surface area contributed by atoms with Crippen LogP contribution >= 0.6 is 0 Å². The van der Waals surface area contributed by atoms with E-state index in [1.165, 1.54) is 12.1 Å². The average Bonchev–Trinajstić information content (AvgIpc) is 2.41. The van der Waals surface area contributed by atoms with Crippen LogP contribution in [-0.4, -0.2) is 47.0 Å². The summed E-state index contributed by atoms with van der Waals surface area (Å²) in [4.78, 5) is 19.2. The molecule has 1 aromatic rings. The molecular weight excluding hydrogens is 260 g/mol. The van der Waals surface area contributed by atoms with Crippen molar-refractivity contribution in [1.82, 2.24) is 9.88 Å². The SMILES string of the molecule is CN1CCN(c2nc(NN)ccc2[N+](=O)[O-])CC1(C)C. The molecule has 110 valence electrons. The molecule has 3 N–H and O–H groups in total. The van der Waals surface area contributed by atoms with Gasteiger partial charge < -0.3 is 10.3 Å². The highest BCUT2D eigenvalue weighted by Crippen LogP contribution is 2.31. The average molecular weight is 280 g/mol. The zero-order valence-electron chi connectivity index (χ0n) is 12.0. The van der Waals surface area contributed by atoms with Gasteiger partial charge >= 0.3 is 5.69 Å². The molecule has 0 atom stereocenters. The topological polar surface area (TPSA) is 101 Å². The fourth-order valence-electron chi connectivity index (χ4n) is 2.32. The molecule has 1 aliphatic heterocycles. The lowest BCUT2D eigenvalue weighted by Gasteiger charge is -2.45. The molecule has 8 heteroatoms. The Balaban J connectivity index is 2.38. The Labute approximate surface area is 117 Å². The summed E-state index contributed by atoms with van der Waals surface area (Å²) in [5, 5.41) is 11.2. The van der Waals surface area contributed by atoms with Gasteiger partial charge in [0.1, 0.15) is 5.82 Å². The number of nitrogens with zero attached hydrogens (tertiary/aromatic N) is 4. The summed E-state index contributed by atoms with van der Waals surface area (Å²) in [5.74, 6) is 6.13. The highest BCUT2D eigenvalue weighted by Gasteiger charge is 2.34. The first-order chi connectivity index (χ1) is 9.35. The normalized spacial score (nSPS) is 18.9. The Morgan fingerprint density at radius 1 is 1.45 bits per heavy atom. The minimum Gasteiger partial charge on any atom is -0.348 e. The molecule has 0 aromatic carbocycles. The van der Waals surface area contributed by atoms with Gasteiger partial charge in [-0.2, -0.15) is 0 Å². The second-order valence-electron chi connectivity index (χ2n) is 5.60. The molecule has 0 saturated carbocycles. The quantitative estimate of drug-likeness (QED) is 0.480. The fourth-order valence-corrected chi connectivity index (χ4v) is 2.32. The highest BCUT2D eigenvalue weighted by atomic mass is 16.6. The smallest absolute Gasteiger partial charge is 0.311 e. The number of hydrogen-bond donors (Lipinski definition) is 2. The molecule has 20 heavy (non-hydrogen) atoms. The first-order valence-corrected chi connectivity index (χ1v) is 6.43. The summed E-state index contributed by atoms with van der Waals surface area (Å²) >= 11 is 0. The van der Waals surface area contributed by atoms with Gasteiger partial charge in [-0.15, -0.1) is 0 Å². The summed E-state index contributed by atoms with van der Waals surface area (Å²) in [5.41, 5.74) is 2.37. The number of nitro groups is 1. The molecule has 2 heterocycles. The van der Waals surface area contributed by atoms with Crippen LogP contribution in [0.4, 0.5) is 17.3 Å². The Hall–Kier alpha value is -1.93. The number of rotatable bonds is 3. The fraction of sp³-hybridized carbons (Fsp3) is 0.583. The molecule has 0 spiro atoms. The molecule has 0 unspecified atom stereocenters. The van der Waals surface area contributed by atoms with Crippen LogP contribution in [0.5, 0.6) is 0 Å². The lowest BCUT2D eigenvalue weighted by molar-refractivity contribution is -0.384. The van der Waals surface area contributed by atoms with Crippen molar-refractivity contribution in [3.8, 4) is 0 Å². The molecule has 1 aromatic heterocycles. The maximum Gasteiger partial charge on any atom is 0.311 e. The molecule has 0 aliphatic carbocycles. The monoisotopic (exact) mass is 280 g/mol. The van der Waals surface area contributed by atoms with Crippen molar-refractivity contribution in [3.05, 3.63) is 22.2 Å². The van der Waals surface area contributed by atoms with E-state index in [2.05, 4.69) is 36.2 Å². The zero-order chi connectivity index (χ0) is 14.9. The minimum absolute atomic E-state index is 0.00403. The van der Waals surface area contributed by atoms with E-state index in [-0.39, 0.29) is 11.2 Å². The van der Waals surface area contributed by atoms with E-state index in [9.17, 15) is 10.1 Å². The minimum atomic E-state index is -0.409. The van der Waals surface area contributed by atoms with Gasteiger partial charge in [-0.1, -0.05) is 0 Å². The second kappa shape index (κ2) is 5.22. The van der Waals surface area contributed by atoms with Crippen LogP contribution in [-0.2, 0) is 0 Å². The Morgan fingerprint density at radius 3 is 2.70 bits per heavy atom. The number of pyridine rings is 1. The summed E-state index contributed by atoms with van der Waals surface area (Å²) < 4.78 is 0. The van der Waals surface area contributed by atoms with E-state index >= 15 is 0 Å². The van der Waals surface area contributed by atoms with E-state index < -0.39 is 4.92 Å². The number of nitrogens with two attached hydrogens (primary N) is 1. The Morgan fingerprint density at radius 2 is 2.15 bits per heavy atom. The van der Waals surface area contributed by atoms with E-state index in [1.807, 2.05) is 4.90 Å². The number of nitrogens with one attached hydrogen (secondary N) is 1. The van der Waals surface area contributed by atoms with Gasteiger partial charge in [0.2, 0.25) is 5.82 Å². The first-order valence-electron chi connectivity index (χ1n) is 6.43. The van der Waals surface area contributed by atoms with Gasteiger partial charge in [-0.25, -0.2) is 10.8 Å². The summed E-state index contributed by atoms with van der Waals surface area (Å²) in [7, 11) is 2.05. The van der Waals surface area contributed by atoms with Crippen LogP contribution in [0, 0.1) is 10.1 Å². The second-order valence-corrected chi connectivity index (χ2v) is 5.60. The molecule has 0 amide bonds. The lowest BCUT2D eigenvalue weighted by Crippen LogP contribution is -2.58. The molecule has 1 saturated heterocycles. The van der Waals surface area contributed by atoms with Crippen LogP contribution in [0.3, 0.4) is 0 Å². The van der Waals surface area contributed by atoms with Gasteiger partial charge in [0, 0.05) is 31.2 Å².